The smallest absolute Gasteiger partial charge is 0.0494 e. The first-order valence-corrected chi connectivity index (χ1v) is 7.48. The summed E-state index contributed by atoms with van der Waals surface area (Å²) in [6, 6.07) is 8.52. The molecule has 3 nitrogen and oxygen atoms in total. The second kappa shape index (κ2) is 7.08. The molecule has 1 aromatic heterocycles. The number of benzene rings is 1. The van der Waals surface area contributed by atoms with Crippen LogP contribution in [0.25, 0.3) is 10.9 Å². The lowest BCUT2D eigenvalue weighted by Gasteiger charge is -2.09. The van der Waals surface area contributed by atoms with Crippen molar-refractivity contribution in [1.29, 1.82) is 0 Å². The molecular formula is C15H21BrN2O. The summed E-state index contributed by atoms with van der Waals surface area (Å²) in [6.45, 7) is 5.97. The number of hydrogen-bond donors (Lipinski definition) is 1. The zero-order valence-electron chi connectivity index (χ0n) is 11.6. The predicted molar refractivity (Wildman–Crippen MR) is 83.7 cm³/mol. The highest BCUT2D eigenvalue weighted by Crippen LogP contribution is 2.30. The molecule has 0 fully saturated rings. The number of nitrogens with zero attached hydrogens (tertiary/aromatic N) is 1. The van der Waals surface area contributed by atoms with E-state index in [-0.39, 0.29) is 0 Å². The maximum atomic E-state index is 5.04. The van der Waals surface area contributed by atoms with Crippen LogP contribution in [0.2, 0.25) is 0 Å². The van der Waals surface area contributed by atoms with Crippen molar-refractivity contribution in [2.45, 2.75) is 19.9 Å². The van der Waals surface area contributed by atoms with E-state index in [1.54, 1.807) is 7.11 Å². The molecule has 0 bridgehead atoms. The molecule has 0 radical (unpaired) electrons. The molecule has 0 aliphatic rings. The number of rotatable bonds is 7. The molecule has 2 aromatic rings. The summed E-state index contributed by atoms with van der Waals surface area (Å²) in [5, 5.41) is 4.74. The lowest BCUT2D eigenvalue weighted by Crippen LogP contribution is -2.22. The van der Waals surface area contributed by atoms with E-state index >= 15 is 0 Å². The Morgan fingerprint density at radius 3 is 2.84 bits per heavy atom. The van der Waals surface area contributed by atoms with E-state index in [1.807, 2.05) is 0 Å². The molecular weight excluding hydrogens is 304 g/mol. The number of methoxy groups -OCH3 is 1. The third kappa shape index (κ3) is 3.38. The zero-order chi connectivity index (χ0) is 13.7. The maximum absolute atomic E-state index is 5.04. The van der Waals surface area contributed by atoms with Gasteiger partial charge in [0.2, 0.25) is 0 Å². The summed E-state index contributed by atoms with van der Waals surface area (Å²) in [5.74, 6) is 0. The summed E-state index contributed by atoms with van der Waals surface area (Å²) in [4.78, 5) is 0. The first-order chi connectivity index (χ1) is 9.25. The van der Waals surface area contributed by atoms with E-state index in [1.165, 1.54) is 21.1 Å². The molecule has 0 aliphatic heterocycles. The Morgan fingerprint density at radius 1 is 1.26 bits per heavy atom. The van der Waals surface area contributed by atoms with Crippen molar-refractivity contribution in [3.05, 3.63) is 34.4 Å². The number of hydrogen-bond acceptors (Lipinski definition) is 2. The van der Waals surface area contributed by atoms with Crippen LogP contribution in [0.3, 0.4) is 0 Å². The first-order valence-electron chi connectivity index (χ1n) is 6.68. The fourth-order valence-electron chi connectivity index (χ4n) is 2.33. The Labute approximate surface area is 123 Å². The van der Waals surface area contributed by atoms with Crippen LogP contribution in [-0.2, 0) is 11.3 Å². The second-order valence-electron chi connectivity index (χ2n) is 4.66. The highest BCUT2D eigenvalue weighted by molar-refractivity contribution is 9.10. The van der Waals surface area contributed by atoms with E-state index in [2.05, 4.69) is 57.0 Å². The van der Waals surface area contributed by atoms with Gasteiger partial charge in [0, 0.05) is 47.9 Å². The minimum absolute atomic E-state index is 0.823. The normalized spacial score (nSPS) is 11.3. The Bertz CT molecular complexity index is 536. The van der Waals surface area contributed by atoms with Crippen LogP contribution in [-0.4, -0.2) is 31.4 Å². The molecule has 4 heteroatoms. The highest BCUT2D eigenvalue weighted by atomic mass is 79.9. The van der Waals surface area contributed by atoms with Gasteiger partial charge in [-0.15, -0.1) is 0 Å². The molecule has 0 saturated heterocycles. The van der Waals surface area contributed by atoms with Crippen LogP contribution in [0.5, 0.6) is 0 Å². The van der Waals surface area contributed by atoms with Gasteiger partial charge in [-0.1, -0.05) is 18.2 Å². The van der Waals surface area contributed by atoms with Gasteiger partial charge in [0.15, 0.2) is 0 Å². The van der Waals surface area contributed by atoms with Crippen molar-refractivity contribution in [3.63, 3.8) is 0 Å². The van der Waals surface area contributed by atoms with Gasteiger partial charge in [0.05, 0.1) is 0 Å². The van der Waals surface area contributed by atoms with Gasteiger partial charge in [-0.2, -0.15) is 0 Å². The van der Waals surface area contributed by atoms with Crippen LogP contribution in [0.15, 0.2) is 28.7 Å². The van der Waals surface area contributed by atoms with E-state index in [9.17, 15) is 0 Å². The van der Waals surface area contributed by atoms with Crippen LogP contribution in [0, 0.1) is 6.92 Å². The highest BCUT2D eigenvalue weighted by Gasteiger charge is 2.10. The zero-order valence-corrected chi connectivity index (χ0v) is 13.2. The molecule has 0 saturated carbocycles. The van der Waals surface area contributed by atoms with Gasteiger partial charge in [0.25, 0.3) is 0 Å². The van der Waals surface area contributed by atoms with Gasteiger partial charge < -0.3 is 14.6 Å². The summed E-state index contributed by atoms with van der Waals surface area (Å²) in [6.07, 6.45) is 1.06. The SMILES string of the molecule is COCCCNCCn1c(C)c(Br)c2ccccc21. The monoisotopic (exact) mass is 324 g/mol. The Morgan fingerprint density at radius 2 is 2.05 bits per heavy atom. The van der Waals surface area contributed by atoms with Crippen molar-refractivity contribution in [3.8, 4) is 0 Å². The van der Waals surface area contributed by atoms with Crippen molar-refractivity contribution >= 4 is 26.8 Å². The molecule has 0 aliphatic carbocycles. The van der Waals surface area contributed by atoms with Crippen LogP contribution in [0.4, 0.5) is 0 Å². The summed E-state index contributed by atoms with van der Waals surface area (Å²) >= 11 is 3.69. The molecule has 2 rings (SSSR count). The predicted octanol–water partition coefficient (Wildman–Crippen LogP) is 3.34. The van der Waals surface area contributed by atoms with Crippen molar-refractivity contribution in [2.24, 2.45) is 0 Å². The number of ether oxygens (including phenoxy) is 1. The van der Waals surface area contributed by atoms with Crippen molar-refractivity contribution in [2.75, 3.05) is 26.8 Å². The molecule has 1 N–H and O–H groups in total. The third-order valence-electron chi connectivity index (χ3n) is 3.37. The Hall–Kier alpha value is -0.840. The molecule has 19 heavy (non-hydrogen) atoms. The fraction of sp³-hybridized carbons (Fsp3) is 0.467. The van der Waals surface area contributed by atoms with E-state index < -0.39 is 0 Å². The van der Waals surface area contributed by atoms with Gasteiger partial charge in [0.1, 0.15) is 0 Å². The van der Waals surface area contributed by atoms with E-state index in [4.69, 9.17) is 4.74 Å². The molecule has 104 valence electrons. The standard InChI is InChI=1S/C15H21BrN2O/c1-12-15(16)13-6-3-4-7-14(13)18(12)10-9-17-8-5-11-19-2/h3-4,6-7,17H,5,8-11H2,1-2H3. The number of para-hydroxylation sites is 1. The summed E-state index contributed by atoms with van der Waals surface area (Å²) in [5.41, 5.74) is 2.59. The number of nitrogens with one attached hydrogen (secondary N) is 1. The fourth-order valence-corrected chi connectivity index (χ4v) is 2.88. The minimum Gasteiger partial charge on any atom is -0.385 e. The number of halogens is 1. The van der Waals surface area contributed by atoms with Gasteiger partial charge >= 0.3 is 0 Å². The molecule has 1 heterocycles. The molecule has 0 amide bonds. The average molecular weight is 325 g/mol. The van der Waals surface area contributed by atoms with Crippen molar-refractivity contribution < 1.29 is 4.74 Å². The van der Waals surface area contributed by atoms with Gasteiger partial charge in [-0.3, -0.25) is 0 Å². The summed E-state index contributed by atoms with van der Waals surface area (Å²) in [7, 11) is 1.74. The Balaban J connectivity index is 1.99. The first kappa shape index (κ1) is 14.6. The molecule has 1 aromatic carbocycles. The number of fused-ring (bicyclic) bond motifs is 1. The van der Waals surface area contributed by atoms with Gasteiger partial charge in [-0.05, 0) is 41.9 Å². The molecule has 0 unspecified atom stereocenters. The quantitative estimate of drug-likeness (QED) is 0.790. The van der Waals surface area contributed by atoms with Crippen molar-refractivity contribution in [1.82, 2.24) is 9.88 Å². The Kier molecular flexibility index (Phi) is 5.43. The number of aromatic nitrogens is 1. The lowest BCUT2D eigenvalue weighted by molar-refractivity contribution is 0.194. The molecule has 0 atom stereocenters. The van der Waals surface area contributed by atoms with Crippen LogP contribution >= 0.6 is 15.9 Å². The van der Waals surface area contributed by atoms with Gasteiger partial charge in [-0.25, -0.2) is 0 Å². The van der Waals surface area contributed by atoms with Crippen LogP contribution in [0.1, 0.15) is 12.1 Å². The third-order valence-corrected chi connectivity index (χ3v) is 4.37. The van der Waals surface area contributed by atoms with E-state index in [0.29, 0.717) is 0 Å². The molecule has 0 spiro atoms. The largest absolute Gasteiger partial charge is 0.385 e. The topological polar surface area (TPSA) is 26.2 Å². The maximum Gasteiger partial charge on any atom is 0.0494 e. The second-order valence-corrected chi connectivity index (χ2v) is 5.46. The lowest BCUT2D eigenvalue weighted by atomic mass is 10.2. The van der Waals surface area contributed by atoms with E-state index in [0.717, 1.165) is 32.7 Å². The minimum atomic E-state index is 0.823. The van der Waals surface area contributed by atoms with Crippen LogP contribution < -0.4 is 5.32 Å². The average Bonchev–Trinajstić information content (AvgIpc) is 2.68. The summed E-state index contributed by atoms with van der Waals surface area (Å²) < 4.78 is 8.61.